The number of nitrogens with zero attached hydrogens (tertiary/aromatic N) is 1. The second-order valence-electron chi connectivity index (χ2n) is 10.4. The third kappa shape index (κ3) is 8.69. The Morgan fingerprint density at radius 2 is 1.53 bits per heavy atom. The van der Waals surface area contributed by atoms with Gasteiger partial charge in [-0.05, 0) is 67.6 Å². The van der Waals surface area contributed by atoms with Crippen LogP contribution in [0.25, 0.3) is 16.3 Å². The number of hydrogen-bond donors (Lipinski definition) is 3. The van der Waals surface area contributed by atoms with Crippen LogP contribution in [0.3, 0.4) is 0 Å². The van der Waals surface area contributed by atoms with Crippen molar-refractivity contribution in [3.63, 3.8) is 0 Å². The molecule has 0 aliphatic carbocycles. The van der Waals surface area contributed by atoms with Crippen molar-refractivity contribution < 1.29 is 33.3 Å². The van der Waals surface area contributed by atoms with E-state index in [1.165, 1.54) is 50.5 Å². The van der Waals surface area contributed by atoms with Crippen molar-refractivity contribution in [3.8, 4) is 23.0 Å². The molecular formula is C36H34N4O7S2. The van der Waals surface area contributed by atoms with E-state index in [4.69, 9.17) is 18.9 Å². The number of hydrogen-bond acceptors (Lipinski definition) is 10. The van der Waals surface area contributed by atoms with E-state index in [-0.39, 0.29) is 11.6 Å². The maximum atomic E-state index is 13.7. The van der Waals surface area contributed by atoms with E-state index in [1.807, 2.05) is 24.3 Å². The summed E-state index contributed by atoms with van der Waals surface area (Å²) in [5, 5.41) is 8.50. The zero-order chi connectivity index (χ0) is 34.9. The van der Waals surface area contributed by atoms with Gasteiger partial charge in [0.25, 0.3) is 11.8 Å². The molecule has 3 amide bonds. The van der Waals surface area contributed by atoms with Gasteiger partial charge >= 0.3 is 0 Å². The van der Waals surface area contributed by atoms with Crippen molar-refractivity contribution in [3.05, 3.63) is 102 Å². The summed E-state index contributed by atoms with van der Waals surface area (Å²) >= 11 is 2.69. The molecule has 1 atom stereocenters. The van der Waals surface area contributed by atoms with Gasteiger partial charge in [-0.3, -0.25) is 14.4 Å². The molecule has 0 saturated heterocycles. The average molecular weight is 699 g/mol. The molecule has 0 radical (unpaired) electrons. The highest BCUT2D eigenvalue weighted by atomic mass is 32.2. The Kier molecular flexibility index (Phi) is 11.4. The minimum Gasteiger partial charge on any atom is -0.497 e. The number of thioether (sulfide) groups is 1. The Hall–Kier alpha value is -5.53. The van der Waals surface area contributed by atoms with Gasteiger partial charge in [-0.15, -0.1) is 11.8 Å². The Bertz CT molecular complexity index is 2010. The van der Waals surface area contributed by atoms with Gasteiger partial charge in [0.1, 0.15) is 17.2 Å². The van der Waals surface area contributed by atoms with Crippen molar-refractivity contribution >= 4 is 67.9 Å². The fourth-order valence-corrected chi connectivity index (χ4v) is 6.48. The van der Waals surface area contributed by atoms with Gasteiger partial charge in [0, 0.05) is 27.8 Å². The molecule has 3 N–H and O–H groups in total. The Morgan fingerprint density at radius 1 is 0.796 bits per heavy atom. The molecule has 0 saturated carbocycles. The second kappa shape index (κ2) is 16.0. The van der Waals surface area contributed by atoms with Crippen LogP contribution in [-0.2, 0) is 9.59 Å². The standard InChI is InChI=1S/C36H34N4O7S2/c1-21(33(41)40-36-39-27-15-14-25(44-2)19-32(27)49-36)48-26-13-9-12-24(18-26)37-35(43)28(38-34(42)22-10-7-6-8-11-22)16-23-17-30(46-4)31(47-5)20-29(23)45-3/h6-21H,1-5H3,(H,37,43)(H,38,42)(H,39,40,41)/b28-16+. The molecule has 1 heterocycles. The summed E-state index contributed by atoms with van der Waals surface area (Å²) in [7, 11) is 6.09. The molecule has 1 aromatic heterocycles. The number of ether oxygens (including phenoxy) is 4. The fourth-order valence-electron chi connectivity index (χ4n) is 4.66. The minimum atomic E-state index is -0.582. The topological polar surface area (TPSA) is 137 Å². The summed E-state index contributed by atoms with van der Waals surface area (Å²) in [5.41, 5.74) is 2.02. The number of fused-ring (bicyclic) bond motifs is 1. The number of methoxy groups -OCH3 is 4. The van der Waals surface area contributed by atoms with Crippen LogP contribution in [0.4, 0.5) is 10.8 Å². The van der Waals surface area contributed by atoms with E-state index in [2.05, 4.69) is 20.9 Å². The molecular weight excluding hydrogens is 665 g/mol. The van der Waals surface area contributed by atoms with Crippen LogP contribution in [0.5, 0.6) is 23.0 Å². The number of anilines is 2. The van der Waals surface area contributed by atoms with E-state index in [9.17, 15) is 14.4 Å². The molecule has 0 spiro atoms. The lowest BCUT2D eigenvalue weighted by molar-refractivity contribution is -0.115. The molecule has 5 rings (SSSR count). The number of thiazole rings is 1. The highest BCUT2D eigenvalue weighted by molar-refractivity contribution is 8.00. The van der Waals surface area contributed by atoms with Crippen molar-refractivity contribution in [2.45, 2.75) is 17.1 Å². The first-order valence-corrected chi connectivity index (χ1v) is 16.6. The number of carbonyl (C=O) groups excluding carboxylic acids is 3. The van der Waals surface area contributed by atoms with E-state index >= 15 is 0 Å². The maximum Gasteiger partial charge on any atom is 0.272 e. The number of benzene rings is 4. The lowest BCUT2D eigenvalue weighted by Gasteiger charge is -2.15. The normalized spacial score (nSPS) is 11.7. The molecule has 11 nitrogen and oxygen atoms in total. The van der Waals surface area contributed by atoms with Crippen molar-refractivity contribution in [2.24, 2.45) is 0 Å². The summed E-state index contributed by atoms with van der Waals surface area (Å²) < 4.78 is 22.5. The quantitative estimate of drug-likeness (QED) is 0.0890. The van der Waals surface area contributed by atoms with Gasteiger partial charge < -0.3 is 34.9 Å². The third-order valence-electron chi connectivity index (χ3n) is 7.16. The van der Waals surface area contributed by atoms with Crippen molar-refractivity contribution in [2.75, 3.05) is 39.1 Å². The highest BCUT2D eigenvalue weighted by Gasteiger charge is 2.20. The summed E-state index contributed by atoms with van der Waals surface area (Å²) in [6.45, 7) is 1.79. The zero-order valence-electron chi connectivity index (χ0n) is 27.4. The summed E-state index contributed by atoms with van der Waals surface area (Å²) in [5.74, 6) is 0.686. The number of carbonyl (C=O) groups is 3. The molecule has 0 fully saturated rings. The first kappa shape index (κ1) is 34.8. The first-order chi connectivity index (χ1) is 23.7. The summed E-state index contributed by atoms with van der Waals surface area (Å²) in [6, 6.07) is 24.5. The first-order valence-electron chi connectivity index (χ1n) is 14.9. The van der Waals surface area contributed by atoms with Gasteiger partial charge in [-0.1, -0.05) is 35.6 Å². The fraction of sp³-hybridized carbons (Fsp3) is 0.167. The number of nitrogens with one attached hydrogen (secondary N) is 3. The van der Waals surface area contributed by atoms with Gasteiger partial charge in [0.2, 0.25) is 5.91 Å². The van der Waals surface area contributed by atoms with E-state index in [0.717, 1.165) is 15.1 Å². The molecule has 0 aliphatic heterocycles. The van der Waals surface area contributed by atoms with Gasteiger partial charge in [0.05, 0.1) is 43.9 Å². The van der Waals surface area contributed by atoms with Crippen LogP contribution >= 0.6 is 23.1 Å². The SMILES string of the molecule is COc1ccc2nc(NC(=O)C(C)Sc3cccc(NC(=O)/C(=C\c4cc(OC)c(OC)cc4OC)NC(=O)c4ccccc4)c3)sc2c1. The molecule has 13 heteroatoms. The van der Waals surface area contributed by atoms with Crippen molar-refractivity contribution in [1.82, 2.24) is 10.3 Å². The molecule has 5 aromatic rings. The monoisotopic (exact) mass is 698 g/mol. The maximum absolute atomic E-state index is 13.7. The minimum absolute atomic E-state index is 0.0429. The Balaban J connectivity index is 1.34. The van der Waals surface area contributed by atoms with Crippen LogP contribution in [0.2, 0.25) is 0 Å². The molecule has 1 unspecified atom stereocenters. The predicted octanol–water partition coefficient (Wildman–Crippen LogP) is 6.86. The third-order valence-corrected chi connectivity index (χ3v) is 9.19. The van der Waals surface area contributed by atoms with Crippen LogP contribution < -0.4 is 34.9 Å². The number of rotatable bonds is 13. The van der Waals surface area contributed by atoms with Crippen LogP contribution in [-0.4, -0.2) is 56.4 Å². The molecule has 49 heavy (non-hydrogen) atoms. The van der Waals surface area contributed by atoms with E-state index in [1.54, 1.807) is 74.7 Å². The number of aromatic nitrogens is 1. The van der Waals surface area contributed by atoms with Crippen LogP contribution in [0.15, 0.2) is 95.5 Å². The second-order valence-corrected chi connectivity index (χ2v) is 12.9. The van der Waals surface area contributed by atoms with Crippen LogP contribution in [0.1, 0.15) is 22.8 Å². The van der Waals surface area contributed by atoms with E-state index in [0.29, 0.717) is 44.9 Å². The molecule has 4 aromatic carbocycles. The molecule has 252 valence electrons. The van der Waals surface area contributed by atoms with E-state index < -0.39 is 17.1 Å². The van der Waals surface area contributed by atoms with Crippen LogP contribution in [0, 0.1) is 0 Å². The van der Waals surface area contributed by atoms with Gasteiger partial charge in [-0.25, -0.2) is 4.98 Å². The predicted molar refractivity (Wildman–Crippen MR) is 193 cm³/mol. The average Bonchev–Trinajstić information content (AvgIpc) is 3.52. The summed E-state index contributed by atoms with van der Waals surface area (Å²) in [4.78, 5) is 45.2. The van der Waals surface area contributed by atoms with Gasteiger partial charge in [0.15, 0.2) is 16.6 Å². The number of amides is 3. The largest absolute Gasteiger partial charge is 0.497 e. The zero-order valence-corrected chi connectivity index (χ0v) is 29.0. The Labute approximate surface area is 291 Å². The van der Waals surface area contributed by atoms with Crippen molar-refractivity contribution in [1.29, 1.82) is 0 Å². The lowest BCUT2D eigenvalue weighted by Crippen LogP contribution is -2.30. The lowest BCUT2D eigenvalue weighted by atomic mass is 10.1. The Morgan fingerprint density at radius 3 is 2.24 bits per heavy atom. The molecule has 0 aliphatic rings. The smallest absolute Gasteiger partial charge is 0.272 e. The van der Waals surface area contributed by atoms with Gasteiger partial charge in [-0.2, -0.15) is 0 Å². The summed E-state index contributed by atoms with van der Waals surface area (Å²) in [6.07, 6.45) is 1.50. The highest BCUT2D eigenvalue weighted by Crippen LogP contribution is 2.36. The molecule has 0 bridgehead atoms.